The van der Waals surface area contributed by atoms with Crippen LogP contribution in [0.15, 0.2) is 12.1 Å². The smallest absolute Gasteiger partial charge is 0.244 e. The molecule has 0 unspecified atom stereocenters. The number of methoxy groups -OCH3 is 2. The number of hydrazine groups is 1. The molecule has 5 nitrogen and oxygen atoms in total. The molecule has 1 amide bonds. The van der Waals surface area contributed by atoms with Crippen molar-refractivity contribution in [3.63, 3.8) is 0 Å². The van der Waals surface area contributed by atoms with Gasteiger partial charge in [0.2, 0.25) is 5.91 Å². The number of hydrogen-bond donors (Lipinski definition) is 2. The number of rotatable bonds is 4. The first-order chi connectivity index (χ1) is 8.38. The Hall–Kier alpha value is -1.75. The highest BCUT2D eigenvalue weighted by molar-refractivity contribution is 5.88. The Kier molecular flexibility index (Phi) is 4.19. The lowest BCUT2D eigenvalue weighted by Crippen LogP contribution is -2.44. The van der Waals surface area contributed by atoms with Gasteiger partial charge in [-0.1, -0.05) is 0 Å². The number of carbonyl (C=O) groups is 1. The number of nitrogens with one attached hydrogen (secondary N) is 1. The predicted molar refractivity (Wildman–Crippen MR) is 69.6 cm³/mol. The van der Waals surface area contributed by atoms with Crippen molar-refractivity contribution in [2.75, 3.05) is 14.2 Å². The molecule has 1 aromatic rings. The number of carbonyl (C=O) groups excluding carboxylic acids is 1. The molecule has 0 spiro atoms. The van der Waals surface area contributed by atoms with Crippen LogP contribution in [0.2, 0.25) is 0 Å². The Balaban J connectivity index is 3.44. The van der Waals surface area contributed by atoms with Gasteiger partial charge in [-0.15, -0.1) is 0 Å². The van der Waals surface area contributed by atoms with E-state index in [1.54, 1.807) is 34.1 Å². The molecule has 0 heterocycles. The number of ether oxygens (including phenoxy) is 2. The lowest BCUT2D eigenvalue weighted by molar-refractivity contribution is -0.125. The van der Waals surface area contributed by atoms with Gasteiger partial charge in [-0.05, 0) is 32.4 Å². The quantitative estimate of drug-likeness (QED) is 0.481. The zero-order valence-corrected chi connectivity index (χ0v) is 11.5. The summed E-state index contributed by atoms with van der Waals surface area (Å²) in [5, 5.41) is 0. The maximum atomic E-state index is 11.9. The molecule has 0 fully saturated rings. The summed E-state index contributed by atoms with van der Waals surface area (Å²) in [6, 6.07) is 3.62. The molecule has 0 bridgehead atoms. The third-order valence-corrected chi connectivity index (χ3v) is 3.05. The average Bonchev–Trinajstić information content (AvgIpc) is 2.35. The van der Waals surface area contributed by atoms with Crippen molar-refractivity contribution in [2.24, 2.45) is 5.84 Å². The molecular weight excluding hydrogens is 232 g/mol. The maximum absolute atomic E-state index is 11.9. The second kappa shape index (κ2) is 5.27. The van der Waals surface area contributed by atoms with E-state index in [0.717, 1.165) is 11.1 Å². The van der Waals surface area contributed by atoms with Crippen LogP contribution in [0.5, 0.6) is 11.5 Å². The maximum Gasteiger partial charge on any atom is 0.244 e. The SMILES string of the molecule is COc1cc(C)c(C(C)(C)C(=O)NN)c(OC)c1. The molecule has 0 saturated carbocycles. The molecule has 0 saturated heterocycles. The van der Waals surface area contributed by atoms with Gasteiger partial charge in [-0.2, -0.15) is 0 Å². The van der Waals surface area contributed by atoms with Gasteiger partial charge in [-0.3, -0.25) is 10.2 Å². The van der Waals surface area contributed by atoms with Crippen molar-refractivity contribution in [3.05, 3.63) is 23.3 Å². The fourth-order valence-electron chi connectivity index (χ4n) is 2.10. The largest absolute Gasteiger partial charge is 0.497 e. The van der Waals surface area contributed by atoms with Gasteiger partial charge in [0.1, 0.15) is 11.5 Å². The molecule has 0 aliphatic carbocycles. The number of hydrogen-bond acceptors (Lipinski definition) is 4. The minimum atomic E-state index is -0.781. The Morgan fingerprint density at radius 2 is 1.89 bits per heavy atom. The standard InChI is InChI=1S/C13H20N2O3/c1-8-6-9(17-4)7-10(18-5)11(8)13(2,3)12(16)15-14/h6-7H,14H2,1-5H3,(H,15,16). The summed E-state index contributed by atoms with van der Waals surface area (Å²) in [6.07, 6.45) is 0. The van der Waals surface area contributed by atoms with Crippen LogP contribution in [0, 0.1) is 6.92 Å². The minimum absolute atomic E-state index is 0.269. The highest BCUT2D eigenvalue weighted by Gasteiger charge is 2.34. The molecule has 1 aromatic carbocycles. The molecule has 1 rings (SSSR count). The molecule has 0 aliphatic rings. The van der Waals surface area contributed by atoms with Gasteiger partial charge in [0.05, 0.1) is 19.6 Å². The molecule has 3 N–H and O–H groups in total. The lowest BCUT2D eigenvalue weighted by Gasteiger charge is -2.27. The summed E-state index contributed by atoms with van der Waals surface area (Å²) in [6.45, 7) is 5.50. The van der Waals surface area contributed by atoms with E-state index in [9.17, 15) is 4.79 Å². The molecule has 100 valence electrons. The minimum Gasteiger partial charge on any atom is -0.497 e. The average molecular weight is 252 g/mol. The molecule has 0 radical (unpaired) electrons. The fraction of sp³-hybridized carbons (Fsp3) is 0.462. The van der Waals surface area contributed by atoms with Crippen LogP contribution in [0.3, 0.4) is 0 Å². The van der Waals surface area contributed by atoms with Gasteiger partial charge >= 0.3 is 0 Å². The first kappa shape index (κ1) is 14.3. The van der Waals surface area contributed by atoms with E-state index < -0.39 is 5.41 Å². The van der Waals surface area contributed by atoms with Crippen molar-refractivity contribution < 1.29 is 14.3 Å². The fourth-order valence-corrected chi connectivity index (χ4v) is 2.10. The summed E-state index contributed by atoms with van der Waals surface area (Å²) >= 11 is 0. The summed E-state index contributed by atoms with van der Waals surface area (Å²) in [4.78, 5) is 11.9. The first-order valence-electron chi connectivity index (χ1n) is 5.62. The molecule has 5 heteroatoms. The topological polar surface area (TPSA) is 73.6 Å². The Bertz CT molecular complexity index is 456. The van der Waals surface area contributed by atoms with Crippen LogP contribution in [0.1, 0.15) is 25.0 Å². The van der Waals surface area contributed by atoms with E-state index in [2.05, 4.69) is 5.43 Å². The van der Waals surface area contributed by atoms with E-state index in [1.165, 1.54) is 0 Å². The molecule has 0 aliphatic heterocycles. The van der Waals surface area contributed by atoms with E-state index in [0.29, 0.717) is 11.5 Å². The summed E-state index contributed by atoms with van der Waals surface area (Å²) in [5.74, 6) is 6.26. The highest BCUT2D eigenvalue weighted by atomic mass is 16.5. The summed E-state index contributed by atoms with van der Waals surface area (Å²) in [5.41, 5.74) is 3.12. The number of benzene rings is 1. The predicted octanol–water partition coefficient (Wildman–Crippen LogP) is 1.28. The van der Waals surface area contributed by atoms with Crippen molar-refractivity contribution in [1.82, 2.24) is 5.43 Å². The number of aryl methyl sites for hydroxylation is 1. The highest BCUT2D eigenvalue weighted by Crippen LogP contribution is 2.37. The molecular formula is C13H20N2O3. The van der Waals surface area contributed by atoms with Crippen LogP contribution < -0.4 is 20.7 Å². The zero-order valence-electron chi connectivity index (χ0n) is 11.5. The van der Waals surface area contributed by atoms with Gasteiger partial charge in [0.15, 0.2) is 0 Å². The van der Waals surface area contributed by atoms with Crippen molar-refractivity contribution in [1.29, 1.82) is 0 Å². The Morgan fingerprint density at radius 1 is 1.28 bits per heavy atom. The van der Waals surface area contributed by atoms with Crippen LogP contribution in [-0.2, 0) is 10.2 Å². The van der Waals surface area contributed by atoms with Gasteiger partial charge in [0.25, 0.3) is 0 Å². The van der Waals surface area contributed by atoms with E-state index >= 15 is 0 Å². The summed E-state index contributed by atoms with van der Waals surface area (Å²) < 4.78 is 10.5. The number of nitrogens with two attached hydrogens (primary N) is 1. The second-order valence-corrected chi connectivity index (χ2v) is 4.62. The lowest BCUT2D eigenvalue weighted by atomic mass is 9.80. The van der Waals surface area contributed by atoms with Crippen molar-refractivity contribution >= 4 is 5.91 Å². The molecule has 18 heavy (non-hydrogen) atoms. The monoisotopic (exact) mass is 252 g/mol. The van der Waals surface area contributed by atoms with E-state index in [-0.39, 0.29) is 5.91 Å². The van der Waals surface area contributed by atoms with Crippen molar-refractivity contribution in [3.8, 4) is 11.5 Å². The van der Waals surface area contributed by atoms with Crippen LogP contribution in [-0.4, -0.2) is 20.1 Å². The number of amides is 1. The van der Waals surface area contributed by atoms with Gasteiger partial charge in [-0.25, -0.2) is 5.84 Å². The van der Waals surface area contributed by atoms with Crippen LogP contribution in [0.25, 0.3) is 0 Å². The third kappa shape index (κ3) is 2.41. The molecule has 0 aromatic heterocycles. The van der Waals surface area contributed by atoms with Crippen LogP contribution in [0.4, 0.5) is 0 Å². The Labute approximate surface area is 107 Å². The summed E-state index contributed by atoms with van der Waals surface area (Å²) in [7, 11) is 3.15. The van der Waals surface area contributed by atoms with E-state index in [4.69, 9.17) is 15.3 Å². The van der Waals surface area contributed by atoms with Crippen molar-refractivity contribution in [2.45, 2.75) is 26.2 Å². The first-order valence-corrected chi connectivity index (χ1v) is 5.62. The third-order valence-electron chi connectivity index (χ3n) is 3.05. The zero-order chi connectivity index (χ0) is 13.9. The molecule has 0 atom stereocenters. The normalized spacial score (nSPS) is 11.0. The van der Waals surface area contributed by atoms with Gasteiger partial charge < -0.3 is 9.47 Å². The van der Waals surface area contributed by atoms with Crippen LogP contribution >= 0.6 is 0 Å². The van der Waals surface area contributed by atoms with Gasteiger partial charge in [0, 0.05) is 11.6 Å². The Morgan fingerprint density at radius 3 is 2.33 bits per heavy atom. The van der Waals surface area contributed by atoms with E-state index in [1.807, 2.05) is 13.0 Å². The second-order valence-electron chi connectivity index (χ2n) is 4.62.